The number of carboxylic acid groups (broad SMARTS) is 1. The molecule has 2 N–H and O–H groups in total. The molecule has 1 fully saturated rings. The number of nitrogens with one attached hydrogen (secondary N) is 1. The standard InChI is InChI=1S/C16H19BrFNO4/c1-23-14-11(17)7-10(18)8-12(14)19-13(20)9-16(15(21)22)5-3-2-4-6-16/h7-8H,2-6,9H2,1H3,(H,19,20)(H,21,22). The van der Waals surface area contributed by atoms with Gasteiger partial charge in [-0.1, -0.05) is 19.3 Å². The average molecular weight is 388 g/mol. The van der Waals surface area contributed by atoms with Crippen molar-refractivity contribution in [2.24, 2.45) is 5.41 Å². The van der Waals surface area contributed by atoms with Crippen LogP contribution in [0, 0.1) is 11.2 Å². The van der Waals surface area contributed by atoms with Crippen molar-refractivity contribution in [1.29, 1.82) is 0 Å². The molecule has 0 radical (unpaired) electrons. The van der Waals surface area contributed by atoms with Gasteiger partial charge in [0, 0.05) is 12.5 Å². The highest BCUT2D eigenvalue weighted by Gasteiger charge is 2.41. The lowest BCUT2D eigenvalue weighted by atomic mass is 9.71. The van der Waals surface area contributed by atoms with E-state index < -0.39 is 23.1 Å². The van der Waals surface area contributed by atoms with Crippen molar-refractivity contribution in [1.82, 2.24) is 0 Å². The van der Waals surface area contributed by atoms with Crippen LogP contribution in [0.2, 0.25) is 0 Å². The van der Waals surface area contributed by atoms with Gasteiger partial charge in [0.25, 0.3) is 0 Å². The molecule has 0 aromatic heterocycles. The molecular weight excluding hydrogens is 369 g/mol. The number of carbonyl (C=O) groups is 2. The molecule has 1 aliphatic rings. The Labute approximate surface area is 142 Å². The normalized spacial score (nSPS) is 16.7. The van der Waals surface area contributed by atoms with Crippen LogP contribution >= 0.6 is 15.9 Å². The molecule has 1 amide bonds. The zero-order valence-corrected chi connectivity index (χ0v) is 14.4. The second-order valence-corrected chi connectivity index (χ2v) is 6.69. The maximum atomic E-state index is 13.5. The van der Waals surface area contributed by atoms with Crippen LogP contribution in [0.3, 0.4) is 0 Å². The van der Waals surface area contributed by atoms with E-state index in [0.717, 1.165) is 25.3 Å². The Balaban J connectivity index is 2.17. The Morgan fingerprint density at radius 3 is 2.57 bits per heavy atom. The van der Waals surface area contributed by atoms with E-state index in [0.29, 0.717) is 23.1 Å². The molecule has 0 unspecified atom stereocenters. The van der Waals surface area contributed by atoms with Gasteiger partial charge in [-0.2, -0.15) is 0 Å². The summed E-state index contributed by atoms with van der Waals surface area (Å²) < 4.78 is 19.1. The number of ether oxygens (including phenoxy) is 1. The molecule has 2 rings (SSSR count). The summed E-state index contributed by atoms with van der Waals surface area (Å²) in [5.74, 6) is -1.63. The number of hydrogen-bond donors (Lipinski definition) is 2. The van der Waals surface area contributed by atoms with Crippen LogP contribution in [0.1, 0.15) is 38.5 Å². The van der Waals surface area contributed by atoms with Gasteiger partial charge >= 0.3 is 5.97 Å². The molecule has 0 spiro atoms. The number of benzene rings is 1. The van der Waals surface area contributed by atoms with Gasteiger partial charge in [0.15, 0.2) is 5.75 Å². The smallest absolute Gasteiger partial charge is 0.310 e. The van der Waals surface area contributed by atoms with Crippen molar-refractivity contribution in [3.63, 3.8) is 0 Å². The highest BCUT2D eigenvalue weighted by molar-refractivity contribution is 9.10. The number of halogens is 2. The molecular formula is C16H19BrFNO4. The summed E-state index contributed by atoms with van der Waals surface area (Å²) in [5, 5.41) is 12.1. The van der Waals surface area contributed by atoms with Crippen molar-refractivity contribution in [3.8, 4) is 5.75 Å². The summed E-state index contributed by atoms with van der Waals surface area (Å²) in [6.45, 7) is 0. The monoisotopic (exact) mass is 387 g/mol. The highest BCUT2D eigenvalue weighted by atomic mass is 79.9. The van der Waals surface area contributed by atoms with E-state index in [1.54, 1.807) is 0 Å². The average Bonchev–Trinajstić information content (AvgIpc) is 2.47. The molecule has 1 aromatic rings. The third-order valence-electron chi connectivity index (χ3n) is 4.25. The number of amides is 1. The summed E-state index contributed by atoms with van der Waals surface area (Å²) in [6.07, 6.45) is 3.43. The lowest BCUT2D eigenvalue weighted by Crippen LogP contribution is -2.37. The van der Waals surface area contributed by atoms with E-state index in [1.807, 2.05) is 0 Å². The van der Waals surface area contributed by atoms with Crippen LogP contribution in [0.25, 0.3) is 0 Å². The molecule has 1 aromatic carbocycles. The molecule has 5 nitrogen and oxygen atoms in total. The topological polar surface area (TPSA) is 75.6 Å². The second kappa shape index (κ2) is 7.29. The fourth-order valence-corrected chi connectivity index (χ4v) is 3.65. The maximum absolute atomic E-state index is 13.5. The van der Waals surface area contributed by atoms with Gasteiger partial charge in [-0.25, -0.2) is 4.39 Å². The largest absolute Gasteiger partial charge is 0.493 e. The first-order valence-electron chi connectivity index (χ1n) is 7.44. The van der Waals surface area contributed by atoms with Crippen LogP contribution in [0.4, 0.5) is 10.1 Å². The lowest BCUT2D eigenvalue weighted by molar-refractivity contribution is -0.153. The summed E-state index contributed by atoms with van der Waals surface area (Å²) >= 11 is 3.17. The van der Waals surface area contributed by atoms with E-state index >= 15 is 0 Å². The minimum Gasteiger partial charge on any atom is -0.493 e. The summed E-state index contributed by atoms with van der Waals surface area (Å²) in [4.78, 5) is 23.9. The zero-order valence-electron chi connectivity index (χ0n) is 12.8. The summed E-state index contributed by atoms with van der Waals surface area (Å²) in [6, 6.07) is 2.38. The van der Waals surface area contributed by atoms with Crippen molar-refractivity contribution < 1.29 is 23.8 Å². The van der Waals surface area contributed by atoms with Gasteiger partial charge < -0.3 is 15.2 Å². The van der Waals surface area contributed by atoms with Crippen molar-refractivity contribution in [2.45, 2.75) is 38.5 Å². The van der Waals surface area contributed by atoms with Crippen LogP contribution in [-0.2, 0) is 9.59 Å². The second-order valence-electron chi connectivity index (χ2n) is 5.84. The number of methoxy groups -OCH3 is 1. The van der Waals surface area contributed by atoms with E-state index in [-0.39, 0.29) is 12.1 Å². The Kier molecular flexibility index (Phi) is 5.62. The number of rotatable bonds is 5. The minimum atomic E-state index is -1.03. The third-order valence-corrected chi connectivity index (χ3v) is 4.84. The molecule has 1 aliphatic carbocycles. The summed E-state index contributed by atoms with van der Waals surface area (Å²) in [7, 11) is 1.41. The van der Waals surface area contributed by atoms with Crippen LogP contribution < -0.4 is 10.1 Å². The molecule has 23 heavy (non-hydrogen) atoms. The number of carboxylic acids is 1. The first kappa shape index (κ1) is 17.7. The first-order valence-corrected chi connectivity index (χ1v) is 8.23. The molecule has 0 aliphatic heterocycles. The highest BCUT2D eigenvalue weighted by Crippen LogP contribution is 2.40. The fourth-order valence-electron chi connectivity index (χ4n) is 3.06. The van der Waals surface area contributed by atoms with Crippen molar-refractivity contribution in [2.75, 3.05) is 12.4 Å². The van der Waals surface area contributed by atoms with E-state index in [2.05, 4.69) is 21.2 Å². The number of anilines is 1. The van der Waals surface area contributed by atoms with E-state index in [9.17, 15) is 19.1 Å². The molecule has 0 saturated heterocycles. The molecule has 0 atom stereocenters. The quantitative estimate of drug-likeness (QED) is 0.801. The Morgan fingerprint density at radius 2 is 2.00 bits per heavy atom. The number of aliphatic carboxylic acids is 1. The molecule has 0 bridgehead atoms. The van der Waals surface area contributed by atoms with Gasteiger partial charge in [-0.05, 0) is 34.8 Å². The molecule has 7 heteroatoms. The maximum Gasteiger partial charge on any atom is 0.310 e. The van der Waals surface area contributed by atoms with Gasteiger partial charge in [-0.15, -0.1) is 0 Å². The van der Waals surface area contributed by atoms with Gasteiger partial charge in [0.2, 0.25) is 5.91 Å². The van der Waals surface area contributed by atoms with Crippen LogP contribution in [0.5, 0.6) is 5.75 Å². The van der Waals surface area contributed by atoms with Crippen LogP contribution in [0.15, 0.2) is 16.6 Å². The minimum absolute atomic E-state index is 0.125. The summed E-state index contributed by atoms with van der Waals surface area (Å²) in [5.41, 5.74) is -0.846. The first-order chi connectivity index (χ1) is 10.9. The predicted molar refractivity (Wildman–Crippen MR) is 87.1 cm³/mol. The Morgan fingerprint density at radius 1 is 1.35 bits per heavy atom. The number of carbonyl (C=O) groups excluding carboxylic acids is 1. The Bertz CT molecular complexity index is 614. The lowest BCUT2D eigenvalue weighted by Gasteiger charge is -2.32. The third kappa shape index (κ3) is 4.02. The van der Waals surface area contributed by atoms with Gasteiger partial charge in [-0.3, -0.25) is 9.59 Å². The van der Waals surface area contributed by atoms with E-state index in [4.69, 9.17) is 4.74 Å². The van der Waals surface area contributed by atoms with E-state index in [1.165, 1.54) is 13.2 Å². The molecule has 0 heterocycles. The number of hydrogen-bond acceptors (Lipinski definition) is 3. The SMILES string of the molecule is COc1c(Br)cc(F)cc1NC(=O)CC1(C(=O)O)CCCCC1. The van der Waals surface area contributed by atoms with Gasteiger partial charge in [0.05, 0.1) is 22.7 Å². The Hall–Kier alpha value is -1.63. The predicted octanol–water partition coefficient (Wildman–Crippen LogP) is 3.96. The zero-order chi connectivity index (χ0) is 17.0. The fraction of sp³-hybridized carbons (Fsp3) is 0.500. The van der Waals surface area contributed by atoms with Gasteiger partial charge in [0.1, 0.15) is 5.82 Å². The van der Waals surface area contributed by atoms with Crippen molar-refractivity contribution >= 4 is 33.5 Å². The van der Waals surface area contributed by atoms with Crippen LogP contribution in [-0.4, -0.2) is 24.1 Å². The van der Waals surface area contributed by atoms with Crippen molar-refractivity contribution in [3.05, 3.63) is 22.4 Å². The molecule has 1 saturated carbocycles. The molecule has 126 valence electrons.